The van der Waals surface area contributed by atoms with Crippen LogP contribution in [-0.2, 0) is 4.74 Å². The summed E-state index contributed by atoms with van der Waals surface area (Å²) in [5.41, 5.74) is 7.35. The number of aromatic nitrogens is 1. The second-order valence-corrected chi connectivity index (χ2v) is 8.28. The lowest BCUT2D eigenvalue weighted by Gasteiger charge is -2.32. The highest BCUT2D eigenvalue weighted by Crippen LogP contribution is 2.28. The van der Waals surface area contributed by atoms with E-state index >= 15 is 0 Å². The molecule has 5 N–H and O–H groups in total. The number of benzene rings is 1. The molecule has 2 aromatic rings. The quantitative estimate of drug-likeness (QED) is 0.523. The van der Waals surface area contributed by atoms with Crippen molar-refractivity contribution in [1.82, 2.24) is 10.3 Å². The van der Waals surface area contributed by atoms with Gasteiger partial charge in [-0.15, -0.1) is 0 Å². The van der Waals surface area contributed by atoms with Gasteiger partial charge in [-0.2, -0.15) is 0 Å². The minimum absolute atomic E-state index is 0.0131. The van der Waals surface area contributed by atoms with Gasteiger partial charge >= 0.3 is 0 Å². The number of likely N-dealkylation sites (N-methyl/N-ethyl adjacent to an activating group) is 1. The molecule has 1 aromatic heterocycles. The standard InChI is InChI=1S/C23H31FN6O2/c1-26-19-4-2-3-5-20(19)28-23-18(24)14-17(21(25)31)22(29-23)27-15-6-8-16(9-7-15)30-10-12-32-13-11-30/h6-9,14,19-20,26H,2-5,10-13H2,1H3,(H2,25,31)(H2,27,28,29)/t19?,20-/m1/s1. The van der Waals surface area contributed by atoms with E-state index in [4.69, 9.17) is 10.5 Å². The zero-order valence-electron chi connectivity index (χ0n) is 18.4. The van der Waals surface area contributed by atoms with E-state index in [9.17, 15) is 9.18 Å². The number of pyridine rings is 1. The van der Waals surface area contributed by atoms with Crippen LogP contribution in [0.1, 0.15) is 36.0 Å². The molecule has 8 nitrogen and oxygen atoms in total. The van der Waals surface area contributed by atoms with Crippen LogP contribution in [0.4, 0.5) is 27.4 Å². The van der Waals surface area contributed by atoms with Gasteiger partial charge in [0, 0.05) is 36.5 Å². The highest BCUT2D eigenvalue weighted by Gasteiger charge is 2.26. The number of carbonyl (C=O) groups is 1. The van der Waals surface area contributed by atoms with E-state index in [1.54, 1.807) is 0 Å². The smallest absolute Gasteiger partial charge is 0.252 e. The molecule has 32 heavy (non-hydrogen) atoms. The Hall–Kier alpha value is -2.91. The number of primary amides is 1. The van der Waals surface area contributed by atoms with Crippen molar-refractivity contribution in [2.75, 3.05) is 48.9 Å². The minimum Gasteiger partial charge on any atom is -0.378 e. The van der Waals surface area contributed by atoms with Crippen LogP contribution in [0.3, 0.4) is 0 Å². The van der Waals surface area contributed by atoms with Crippen LogP contribution >= 0.6 is 0 Å². The molecule has 0 radical (unpaired) electrons. The molecule has 2 atom stereocenters. The lowest BCUT2D eigenvalue weighted by molar-refractivity contribution is 0.100. The SMILES string of the molecule is CNC1CCCC[C@H]1Nc1nc(Nc2ccc(N3CCOCC3)cc2)c(C(N)=O)cc1F. The van der Waals surface area contributed by atoms with Crippen LogP contribution in [0.25, 0.3) is 0 Å². The maximum absolute atomic E-state index is 14.8. The van der Waals surface area contributed by atoms with E-state index in [-0.39, 0.29) is 29.3 Å². The van der Waals surface area contributed by atoms with E-state index in [1.165, 1.54) is 0 Å². The Morgan fingerprint density at radius 2 is 1.81 bits per heavy atom. The number of anilines is 4. The Morgan fingerprint density at radius 1 is 1.12 bits per heavy atom. The maximum Gasteiger partial charge on any atom is 0.252 e. The number of nitrogens with two attached hydrogens (primary N) is 1. The van der Waals surface area contributed by atoms with Crippen LogP contribution in [0.2, 0.25) is 0 Å². The fourth-order valence-electron chi connectivity index (χ4n) is 4.41. The van der Waals surface area contributed by atoms with Gasteiger partial charge in [-0.05, 0) is 50.2 Å². The predicted octanol–water partition coefficient (Wildman–Crippen LogP) is 2.84. The molecule has 2 fully saturated rings. The van der Waals surface area contributed by atoms with Crippen molar-refractivity contribution in [2.45, 2.75) is 37.8 Å². The van der Waals surface area contributed by atoms with Crippen molar-refractivity contribution in [2.24, 2.45) is 5.73 Å². The first-order chi connectivity index (χ1) is 15.5. The first-order valence-corrected chi connectivity index (χ1v) is 11.2. The van der Waals surface area contributed by atoms with Crippen LogP contribution in [0.5, 0.6) is 0 Å². The number of halogens is 1. The summed E-state index contributed by atoms with van der Waals surface area (Å²) in [5, 5.41) is 9.67. The summed E-state index contributed by atoms with van der Waals surface area (Å²) in [6.45, 7) is 3.13. The normalized spacial score (nSPS) is 21.2. The van der Waals surface area contributed by atoms with Crippen molar-refractivity contribution < 1.29 is 13.9 Å². The van der Waals surface area contributed by atoms with Crippen LogP contribution in [0.15, 0.2) is 30.3 Å². The van der Waals surface area contributed by atoms with Crippen molar-refractivity contribution in [3.05, 3.63) is 41.7 Å². The van der Waals surface area contributed by atoms with Gasteiger partial charge in [0.1, 0.15) is 5.82 Å². The number of nitrogens with zero attached hydrogens (tertiary/aromatic N) is 2. The summed E-state index contributed by atoms with van der Waals surface area (Å²) in [7, 11) is 1.91. The fraction of sp³-hybridized carbons (Fsp3) is 0.478. The van der Waals surface area contributed by atoms with Crippen molar-refractivity contribution >= 4 is 28.9 Å². The molecule has 172 valence electrons. The summed E-state index contributed by atoms with van der Waals surface area (Å²) >= 11 is 0. The Labute approximate surface area is 187 Å². The number of hydrogen-bond donors (Lipinski definition) is 4. The van der Waals surface area contributed by atoms with Gasteiger partial charge in [0.2, 0.25) is 0 Å². The zero-order valence-corrected chi connectivity index (χ0v) is 18.4. The third-order valence-electron chi connectivity index (χ3n) is 6.21. The zero-order chi connectivity index (χ0) is 22.5. The van der Waals surface area contributed by atoms with Gasteiger partial charge in [0.25, 0.3) is 5.91 Å². The fourth-order valence-corrected chi connectivity index (χ4v) is 4.41. The molecule has 1 saturated heterocycles. The highest BCUT2D eigenvalue weighted by molar-refractivity contribution is 5.98. The molecule has 1 amide bonds. The predicted molar refractivity (Wildman–Crippen MR) is 124 cm³/mol. The number of ether oxygens (including phenoxy) is 1. The molecule has 1 aromatic carbocycles. The van der Waals surface area contributed by atoms with Gasteiger partial charge in [-0.25, -0.2) is 9.37 Å². The molecule has 1 saturated carbocycles. The number of rotatable bonds is 7. The van der Waals surface area contributed by atoms with Gasteiger partial charge in [-0.1, -0.05) is 12.8 Å². The van der Waals surface area contributed by atoms with E-state index in [2.05, 4.69) is 25.8 Å². The Kier molecular flexibility index (Phi) is 7.06. The van der Waals surface area contributed by atoms with Gasteiger partial charge < -0.3 is 31.3 Å². The number of hydrogen-bond acceptors (Lipinski definition) is 7. The molecular formula is C23H31FN6O2. The lowest BCUT2D eigenvalue weighted by atomic mass is 9.90. The minimum atomic E-state index is -0.735. The molecule has 2 aliphatic rings. The summed E-state index contributed by atoms with van der Waals surface area (Å²) in [6, 6.07) is 9.28. The van der Waals surface area contributed by atoms with Gasteiger partial charge in [0.05, 0.1) is 18.8 Å². The number of carbonyl (C=O) groups excluding carboxylic acids is 1. The topological polar surface area (TPSA) is 105 Å². The third-order valence-corrected chi connectivity index (χ3v) is 6.21. The monoisotopic (exact) mass is 442 g/mol. The van der Waals surface area contributed by atoms with Crippen molar-refractivity contribution in [3.63, 3.8) is 0 Å². The lowest BCUT2D eigenvalue weighted by Crippen LogP contribution is -2.45. The Bertz CT molecular complexity index is 933. The Balaban J connectivity index is 1.55. The van der Waals surface area contributed by atoms with Gasteiger partial charge in [-0.3, -0.25) is 4.79 Å². The van der Waals surface area contributed by atoms with Crippen LogP contribution in [-0.4, -0.2) is 56.3 Å². The van der Waals surface area contributed by atoms with E-state index < -0.39 is 11.7 Å². The van der Waals surface area contributed by atoms with E-state index in [0.29, 0.717) is 13.2 Å². The molecule has 0 bridgehead atoms. The molecule has 4 rings (SSSR count). The number of morpholine rings is 1. The molecule has 2 heterocycles. The first kappa shape index (κ1) is 22.3. The van der Waals surface area contributed by atoms with Gasteiger partial charge in [0.15, 0.2) is 11.6 Å². The molecule has 1 aliphatic heterocycles. The second kappa shape index (κ2) is 10.1. The van der Waals surface area contributed by atoms with E-state index in [1.807, 2.05) is 31.3 Å². The molecule has 9 heteroatoms. The number of nitrogens with one attached hydrogen (secondary N) is 3. The van der Waals surface area contributed by atoms with E-state index in [0.717, 1.165) is 56.2 Å². The largest absolute Gasteiger partial charge is 0.378 e. The third kappa shape index (κ3) is 5.11. The molecule has 1 unspecified atom stereocenters. The molecular weight excluding hydrogens is 411 g/mol. The first-order valence-electron chi connectivity index (χ1n) is 11.2. The average molecular weight is 443 g/mol. The average Bonchev–Trinajstić information content (AvgIpc) is 2.82. The van der Waals surface area contributed by atoms with Crippen molar-refractivity contribution in [1.29, 1.82) is 0 Å². The summed E-state index contributed by atoms with van der Waals surface area (Å²) < 4.78 is 20.2. The Morgan fingerprint density at radius 3 is 2.47 bits per heavy atom. The maximum atomic E-state index is 14.8. The van der Waals surface area contributed by atoms with Crippen molar-refractivity contribution in [3.8, 4) is 0 Å². The van der Waals surface area contributed by atoms with Crippen LogP contribution < -0.4 is 26.6 Å². The summed E-state index contributed by atoms with van der Waals surface area (Å²) in [5.74, 6) is -0.972. The second-order valence-electron chi connectivity index (χ2n) is 8.28. The summed E-state index contributed by atoms with van der Waals surface area (Å²) in [4.78, 5) is 18.6. The number of amides is 1. The molecule has 0 spiro atoms. The highest BCUT2D eigenvalue weighted by atomic mass is 19.1. The summed E-state index contributed by atoms with van der Waals surface area (Å²) in [6.07, 6.45) is 4.18. The van der Waals surface area contributed by atoms with Crippen LogP contribution in [0, 0.1) is 5.82 Å². The molecule has 1 aliphatic carbocycles.